The predicted octanol–water partition coefficient (Wildman–Crippen LogP) is 2.23. The number of rotatable bonds is 3. The van der Waals surface area contributed by atoms with Crippen LogP contribution in [-0.4, -0.2) is 77.1 Å². The van der Waals surface area contributed by atoms with Crippen LogP contribution in [0.15, 0.2) is 0 Å². The van der Waals surface area contributed by atoms with Crippen molar-refractivity contribution in [3.63, 3.8) is 0 Å². The fraction of sp³-hybridized carbons (Fsp3) is 0.917. The van der Waals surface area contributed by atoms with Crippen molar-refractivity contribution in [2.75, 3.05) is 19.6 Å². The standard InChI is InChI=1S/C24H39FN4O2/c1-15-6-7-20(25)19-13-21(27-22(15)19)23(31)26-17-4-3-5-18(12-17)28-10-11-29(16(2)30)24(14-28)8-9-24/h15,17-22,27H,3-14H2,1-2H3,(H,26,31)/t15?,17-,18-,19?,20?,21?,22?/m1/s1. The minimum Gasteiger partial charge on any atom is -0.352 e. The van der Waals surface area contributed by atoms with Crippen LogP contribution in [0.1, 0.15) is 71.6 Å². The summed E-state index contributed by atoms with van der Waals surface area (Å²) in [6.45, 7) is 6.64. The van der Waals surface area contributed by atoms with Gasteiger partial charge in [-0.05, 0) is 63.7 Å². The van der Waals surface area contributed by atoms with Crippen molar-refractivity contribution in [2.24, 2.45) is 11.8 Å². The van der Waals surface area contributed by atoms with Crippen molar-refractivity contribution >= 4 is 11.8 Å². The zero-order chi connectivity index (χ0) is 21.8. The van der Waals surface area contributed by atoms with Gasteiger partial charge in [0.15, 0.2) is 0 Å². The molecule has 5 fully saturated rings. The van der Waals surface area contributed by atoms with Crippen LogP contribution in [0.25, 0.3) is 0 Å². The van der Waals surface area contributed by atoms with Crippen molar-refractivity contribution in [1.29, 1.82) is 0 Å². The Morgan fingerprint density at radius 3 is 2.61 bits per heavy atom. The molecular formula is C24H39FN4O2. The predicted molar refractivity (Wildman–Crippen MR) is 117 cm³/mol. The number of nitrogens with one attached hydrogen (secondary N) is 2. The summed E-state index contributed by atoms with van der Waals surface area (Å²) in [5.41, 5.74) is 0.0872. The molecule has 2 saturated heterocycles. The molecule has 1 spiro atoms. The highest BCUT2D eigenvalue weighted by Gasteiger charge is 2.53. The number of fused-ring (bicyclic) bond motifs is 1. The highest BCUT2D eigenvalue weighted by Crippen LogP contribution is 2.45. The summed E-state index contributed by atoms with van der Waals surface area (Å²) in [5.74, 6) is 0.711. The number of hydrogen-bond donors (Lipinski definition) is 2. The molecule has 0 aromatic heterocycles. The highest BCUT2D eigenvalue weighted by atomic mass is 19.1. The average Bonchev–Trinajstić information content (AvgIpc) is 3.34. The largest absolute Gasteiger partial charge is 0.352 e. The van der Waals surface area contributed by atoms with E-state index in [1.165, 1.54) is 6.42 Å². The first-order valence-corrected chi connectivity index (χ1v) is 12.6. The van der Waals surface area contributed by atoms with Crippen LogP contribution in [-0.2, 0) is 9.59 Å². The van der Waals surface area contributed by atoms with E-state index in [1.807, 2.05) is 0 Å². The molecule has 0 aromatic carbocycles. The number of amides is 2. The van der Waals surface area contributed by atoms with Gasteiger partial charge in [0.05, 0.1) is 11.6 Å². The summed E-state index contributed by atoms with van der Waals surface area (Å²) in [6.07, 6.45) is 7.98. The van der Waals surface area contributed by atoms with Crippen LogP contribution in [0.3, 0.4) is 0 Å². The number of carbonyl (C=O) groups excluding carboxylic acids is 2. The molecule has 2 heterocycles. The maximum absolute atomic E-state index is 14.4. The number of hydrogen-bond acceptors (Lipinski definition) is 4. The Morgan fingerprint density at radius 1 is 1.10 bits per heavy atom. The van der Waals surface area contributed by atoms with Crippen LogP contribution in [0.2, 0.25) is 0 Å². The third-order valence-electron chi connectivity index (χ3n) is 9.05. The Hall–Kier alpha value is -1.21. The van der Waals surface area contributed by atoms with E-state index in [-0.39, 0.29) is 41.4 Å². The minimum atomic E-state index is -0.769. The van der Waals surface area contributed by atoms with Crippen molar-refractivity contribution in [3.8, 4) is 0 Å². The summed E-state index contributed by atoms with van der Waals surface area (Å²) in [6, 6.07) is 0.587. The number of carbonyl (C=O) groups is 2. The van der Waals surface area contributed by atoms with Crippen LogP contribution >= 0.6 is 0 Å². The Bertz CT molecular complexity index is 696. The van der Waals surface area contributed by atoms with Crippen molar-refractivity contribution in [3.05, 3.63) is 0 Å². The normalized spacial score (nSPS) is 42.3. The van der Waals surface area contributed by atoms with E-state index in [0.717, 1.165) is 58.2 Å². The quantitative estimate of drug-likeness (QED) is 0.715. The first kappa shape index (κ1) is 21.6. The van der Waals surface area contributed by atoms with Gasteiger partial charge in [0, 0.05) is 50.6 Å². The lowest BCUT2D eigenvalue weighted by molar-refractivity contribution is -0.136. The smallest absolute Gasteiger partial charge is 0.237 e. The van der Waals surface area contributed by atoms with Crippen LogP contribution in [0.5, 0.6) is 0 Å². The van der Waals surface area contributed by atoms with E-state index >= 15 is 0 Å². The molecule has 7 heteroatoms. The maximum Gasteiger partial charge on any atom is 0.237 e. The lowest BCUT2D eigenvalue weighted by Crippen LogP contribution is -2.60. The Kier molecular flexibility index (Phi) is 5.78. The third-order valence-corrected chi connectivity index (χ3v) is 9.05. The SMILES string of the molecule is CC(=O)N1CCN([C@@H]2CCC[C@@H](NC(=O)C3CC4C(F)CCC(C)C4N3)C2)CC12CC2. The van der Waals surface area contributed by atoms with Gasteiger partial charge in [0.25, 0.3) is 0 Å². The molecular weight excluding hydrogens is 395 g/mol. The highest BCUT2D eigenvalue weighted by molar-refractivity contribution is 5.82. The minimum absolute atomic E-state index is 0.00842. The second-order valence-corrected chi connectivity index (χ2v) is 11.1. The molecule has 2 N–H and O–H groups in total. The van der Waals surface area contributed by atoms with E-state index in [2.05, 4.69) is 27.4 Å². The van der Waals surface area contributed by atoms with Crippen molar-refractivity contribution < 1.29 is 14.0 Å². The molecule has 174 valence electrons. The summed E-state index contributed by atoms with van der Waals surface area (Å²) in [4.78, 5) is 29.7. The maximum atomic E-state index is 14.4. The second kappa shape index (κ2) is 8.29. The molecule has 3 saturated carbocycles. The topological polar surface area (TPSA) is 64.7 Å². The summed E-state index contributed by atoms with van der Waals surface area (Å²) >= 11 is 0. The molecule has 5 aliphatic rings. The molecule has 3 aliphatic carbocycles. The Morgan fingerprint density at radius 2 is 1.90 bits per heavy atom. The molecule has 6 nitrogen and oxygen atoms in total. The van der Waals surface area contributed by atoms with Gasteiger partial charge < -0.3 is 15.5 Å². The van der Waals surface area contributed by atoms with E-state index in [1.54, 1.807) is 6.92 Å². The van der Waals surface area contributed by atoms with E-state index in [9.17, 15) is 14.0 Å². The van der Waals surface area contributed by atoms with E-state index in [0.29, 0.717) is 24.8 Å². The third kappa shape index (κ3) is 4.12. The van der Waals surface area contributed by atoms with Crippen LogP contribution in [0, 0.1) is 11.8 Å². The van der Waals surface area contributed by atoms with Gasteiger partial charge in [-0.15, -0.1) is 0 Å². The number of piperazine rings is 1. The lowest BCUT2D eigenvalue weighted by atomic mass is 9.77. The van der Waals surface area contributed by atoms with Gasteiger partial charge >= 0.3 is 0 Å². The number of halogens is 1. The number of alkyl halides is 1. The van der Waals surface area contributed by atoms with E-state index < -0.39 is 6.17 Å². The second-order valence-electron chi connectivity index (χ2n) is 11.1. The van der Waals surface area contributed by atoms with Crippen LogP contribution in [0.4, 0.5) is 4.39 Å². The van der Waals surface area contributed by atoms with Gasteiger partial charge in [-0.1, -0.05) is 6.92 Å². The fourth-order valence-corrected chi connectivity index (χ4v) is 7.11. The molecule has 7 atom stereocenters. The zero-order valence-electron chi connectivity index (χ0n) is 19.1. The molecule has 5 unspecified atom stereocenters. The Balaban J connectivity index is 1.15. The summed E-state index contributed by atoms with van der Waals surface area (Å²) < 4.78 is 14.4. The molecule has 31 heavy (non-hydrogen) atoms. The summed E-state index contributed by atoms with van der Waals surface area (Å²) in [5, 5.41) is 6.79. The van der Waals surface area contributed by atoms with Gasteiger partial charge in [0.2, 0.25) is 11.8 Å². The molecule has 0 bridgehead atoms. The fourth-order valence-electron chi connectivity index (χ4n) is 7.11. The summed E-state index contributed by atoms with van der Waals surface area (Å²) in [7, 11) is 0. The van der Waals surface area contributed by atoms with Gasteiger partial charge in [-0.25, -0.2) is 4.39 Å². The lowest BCUT2D eigenvalue weighted by Gasteiger charge is -2.47. The van der Waals surface area contributed by atoms with E-state index in [4.69, 9.17) is 0 Å². The number of nitrogens with zero attached hydrogens (tertiary/aromatic N) is 2. The monoisotopic (exact) mass is 434 g/mol. The van der Waals surface area contributed by atoms with Crippen molar-refractivity contribution in [2.45, 2.75) is 108 Å². The molecule has 5 rings (SSSR count). The molecule has 2 aliphatic heterocycles. The van der Waals surface area contributed by atoms with Crippen LogP contribution < -0.4 is 10.6 Å². The van der Waals surface area contributed by atoms with Gasteiger partial charge in [0.1, 0.15) is 6.17 Å². The van der Waals surface area contributed by atoms with Gasteiger partial charge in [-0.3, -0.25) is 14.5 Å². The molecule has 0 radical (unpaired) electrons. The van der Waals surface area contributed by atoms with Gasteiger partial charge in [-0.2, -0.15) is 0 Å². The van der Waals surface area contributed by atoms with Crippen molar-refractivity contribution in [1.82, 2.24) is 20.4 Å². The average molecular weight is 435 g/mol. The molecule has 0 aromatic rings. The first-order chi connectivity index (χ1) is 14.9. The zero-order valence-corrected chi connectivity index (χ0v) is 19.1. The molecule has 2 amide bonds. The first-order valence-electron chi connectivity index (χ1n) is 12.6. The Labute approximate surface area is 185 Å².